The molecule has 0 radical (unpaired) electrons. The Hall–Kier alpha value is -2.25. The maximum absolute atomic E-state index is 12.2. The van der Waals surface area contributed by atoms with E-state index in [-0.39, 0.29) is 6.61 Å². The molecule has 2 amide bonds. The first-order valence-electron chi connectivity index (χ1n) is 8.25. The van der Waals surface area contributed by atoms with Crippen LogP contribution in [0.25, 0.3) is 0 Å². The molecular formula is C19H20BrClN2O4. The first-order chi connectivity index (χ1) is 12.8. The fourth-order valence-corrected chi connectivity index (χ4v) is 2.69. The van der Waals surface area contributed by atoms with E-state index in [0.717, 1.165) is 4.47 Å². The van der Waals surface area contributed by atoms with Crippen molar-refractivity contribution in [1.82, 2.24) is 10.9 Å². The molecule has 0 aliphatic rings. The zero-order valence-corrected chi connectivity index (χ0v) is 17.3. The molecule has 2 aromatic carbocycles. The van der Waals surface area contributed by atoms with Crippen LogP contribution < -0.4 is 20.3 Å². The standard InChI is InChI=1S/C19H20BrClN2O4/c1-12(2)10-26-15-5-3-4-13(8-15)19(25)23-22-18(24)11-27-17-7-6-14(20)9-16(17)21/h3-9,12H,10-11H2,1-2H3,(H,22,24)(H,23,25). The van der Waals surface area contributed by atoms with Crippen LogP contribution in [-0.2, 0) is 4.79 Å². The Morgan fingerprint density at radius 2 is 1.89 bits per heavy atom. The minimum Gasteiger partial charge on any atom is -0.493 e. The van der Waals surface area contributed by atoms with Gasteiger partial charge in [0.1, 0.15) is 11.5 Å². The summed E-state index contributed by atoms with van der Waals surface area (Å²) >= 11 is 9.30. The lowest BCUT2D eigenvalue weighted by atomic mass is 10.2. The Morgan fingerprint density at radius 3 is 2.59 bits per heavy atom. The van der Waals surface area contributed by atoms with E-state index in [2.05, 4.69) is 26.8 Å². The normalized spacial score (nSPS) is 10.4. The lowest BCUT2D eigenvalue weighted by molar-refractivity contribution is -0.123. The molecule has 0 saturated heterocycles. The van der Waals surface area contributed by atoms with Crippen LogP contribution >= 0.6 is 27.5 Å². The zero-order valence-electron chi connectivity index (χ0n) is 14.9. The van der Waals surface area contributed by atoms with Gasteiger partial charge < -0.3 is 9.47 Å². The third-order valence-corrected chi connectivity index (χ3v) is 4.04. The first-order valence-corrected chi connectivity index (χ1v) is 9.42. The van der Waals surface area contributed by atoms with Crippen molar-refractivity contribution in [3.63, 3.8) is 0 Å². The van der Waals surface area contributed by atoms with Gasteiger partial charge in [0.25, 0.3) is 11.8 Å². The van der Waals surface area contributed by atoms with Gasteiger partial charge in [-0.3, -0.25) is 20.4 Å². The molecule has 2 N–H and O–H groups in total. The lowest BCUT2D eigenvalue weighted by Gasteiger charge is -2.11. The van der Waals surface area contributed by atoms with E-state index in [1.54, 1.807) is 42.5 Å². The first kappa shape index (κ1) is 21.1. The monoisotopic (exact) mass is 454 g/mol. The summed E-state index contributed by atoms with van der Waals surface area (Å²) in [4.78, 5) is 24.0. The number of carbonyl (C=O) groups excluding carboxylic acids is 2. The van der Waals surface area contributed by atoms with Gasteiger partial charge in [-0.2, -0.15) is 0 Å². The van der Waals surface area contributed by atoms with Crippen LogP contribution in [0.3, 0.4) is 0 Å². The summed E-state index contributed by atoms with van der Waals surface area (Å²) in [5, 5.41) is 0.374. The van der Waals surface area contributed by atoms with Gasteiger partial charge in [0.05, 0.1) is 11.6 Å². The molecule has 0 aromatic heterocycles. The molecule has 0 saturated carbocycles. The summed E-state index contributed by atoms with van der Waals surface area (Å²) in [6.07, 6.45) is 0. The van der Waals surface area contributed by atoms with Crippen LogP contribution in [0.5, 0.6) is 11.5 Å². The highest BCUT2D eigenvalue weighted by Gasteiger charge is 2.10. The van der Waals surface area contributed by atoms with E-state index in [1.807, 2.05) is 13.8 Å². The summed E-state index contributed by atoms with van der Waals surface area (Å²) in [6, 6.07) is 11.8. The molecule has 144 valence electrons. The number of rotatable bonds is 7. The zero-order chi connectivity index (χ0) is 19.8. The van der Waals surface area contributed by atoms with Gasteiger partial charge in [-0.25, -0.2) is 0 Å². The van der Waals surface area contributed by atoms with Crippen molar-refractivity contribution in [2.75, 3.05) is 13.2 Å². The minimum absolute atomic E-state index is 0.292. The average molecular weight is 456 g/mol. The SMILES string of the molecule is CC(C)COc1cccc(C(=O)NNC(=O)COc2ccc(Br)cc2Cl)c1. The second-order valence-corrected chi connectivity index (χ2v) is 7.42. The molecule has 0 fully saturated rings. The third-order valence-electron chi connectivity index (χ3n) is 3.25. The fraction of sp³-hybridized carbons (Fsp3) is 0.263. The van der Waals surface area contributed by atoms with E-state index in [1.165, 1.54) is 0 Å². The maximum atomic E-state index is 12.2. The van der Waals surface area contributed by atoms with Gasteiger partial charge in [0, 0.05) is 10.0 Å². The number of benzene rings is 2. The molecule has 0 spiro atoms. The maximum Gasteiger partial charge on any atom is 0.276 e. The van der Waals surface area contributed by atoms with E-state index in [4.69, 9.17) is 21.1 Å². The molecular weight excluding hydrogens is 436 g/mol. The third kappa shape index (κ3) is 7.11. The van der Waals surface area contributed by atoms with Crippen molar-refractivity contribution in [2.45, 2.75) is 13.8 Å². The summed E-state index contributed by atoms with van der Waals surface area (Å²) in [5.41, 5.74) is 5.00. The highest BCUT2D eigenvalue weighted by atomic mass is 79.9. The quantitative estimate of drug-likeness (QED) is 0.619. The molecule has 0 aliphatic heterocycles. The van der Waals surface area contributed by atoms with E-state index >= 15 is 0 Å². The van der Waals surface area contributed by atoms with Crippen molar-refractivity contribution < 1.29 is 19.1 Å². The predicted octanol–water partition coefficient (Wildman–Crippen LogP) is 3.98. The largest absolute Gasteiger partial charge is 0.493 e. The molecule has 8 heteroatoms. The fourth-order valence-electron chi connectivity index (χ4n) is 1.96. The van der Waals surface area contributed by atoms with Crippen LogP contribution in [0.4, 0.5) is 0 Å². The molecule has 27 heavy (non-hydrogen) atoms. The minimum atomic E-state index is -0.519. The van der Waals surface area contributed by atoms with Gasteiger partial charge in [-0.15, -0.1) is 0 Å². The van der Waals surface area contributed by atoms with Gasteiger partial charge in [0.2, 0.25) is 0 Å². The summed E-state index contributed by atoms with van der Waals surface area (Å²) in [7, 11) is 0. The highest BCUT2D eigenvalue weighted by molar-refractivity contribution is 9.10. The highest BCUT2D eigenvalue weighted by Crippen LogP contribution is 2.27. The van der Waals surface area contributed by atoms with Gasteiger partial charge in [-0.1, -0.05) is 47.4 Å². The number of halogens is 2. The van der Waals surface area contributed by atoms with Gasteiger partial charge in [0.15, 0.2) is 6.61 Å². The molecule has 0 heterocycles. The van der Waals surface area contributed by atoms with Gasteiger partial charge in [-0.05, 0) is 42.3 Å². The molecule has 0 bridgehead atoms. The van der Waals surface area contributed by atoms with Crippen LogP contribution in [0.1, 0.15) is 24.2 Å². The van der Waals surface area contributed by atoms with E-state index < -0.39 is 11.8 Å². The van der Waals surface area contributed by atoms with Crippen LogP contribution in [0.15, 0.2) is 46.9 Å². The second kappa shape index (κ2) is 10.2. The molecule has 6 nitrogen and oxygen atoms in total. The molecule has 0 unspecified atom stereocenters. The predicted molar refractivity (Wildman–Crippen MR) is 107 cm³/mol. The van der Waals surface area contributed by atoms with Crippen molar-refractivity contribution >= 4 is 39.3 Å². The summed E-state index contributed by atoms with van der Waals surface area (Å²) in [5.74, 6) is 0.364. The van der Waals surface area contributed by atoms with Crippen molar-refractivity contribution in [3.05, 3.63) is 57.5 Å². The number of ether oxygens (including phenoxy) is 2. The van der Waals surface area contributed by atoms with Crippen molar-refractivity contribution in [3.8, 4) is 11.5 Å². The lowest BCUT2D eigenvalue weighted by Crippen LogP contribution is -2.43. The Morgan fingerprint density at radius 1 is 1.11 bits per heavy atom. The van der Waals surface area contributed by atoms with Crippen LogP contribution in [0.2, 0.25) is 5.02 Å². The number of hydrogen-bond acceptors (Lipinski definition) is 4. The van der Waals surface area contributed by atoms with Crippen LogP contribution in [0, 0.1) is 5.92 Å². The van der Waals surface area contributed by atoms with Crippen molar-refractivity contribution in [2.24, 2.45) is 5.92 Å². The molecule has 0 aliphatic carbocycles. The number of hydrazine groups is 1. The Balaban J connectivity index is 1.82. The Kier molecular flexibility index (Phi) is 7.94. The molecule has 0 atom stereocenters. The number of hydrogen-bond donors (Lipinski definition) is 2. The number of carbonyl (C=O) groups is 2. The smallest absolute Gasteiger partial charge is 0.276 e. The van der Waals surface area contributed by atoms with Crippen LogP contribution in [-0.4, -0.2) is 25.0 Å². The topological polar surface area (TPSA) is 76.7 Å². The summed E-state index contributed by atoms with van der Waals surface area (Å²) in [6.45, 7) is 4.34. The van der Waals surface area contributed by atoms with E-state index in [9.17, 15) is 9.59 Å². The van der Waals surface area contributed by atoms with E-state index in [0.29, 0.717) is 34.6 Å². The average Bonchev–Trinajstić information content (AvgIpc) is 2.64. The molecule has 2 aromatic rings. The van der Waals surface area contributed by atoms with Crippen molar-refractivity contribution in [1.29, 1.82) is 0 Å². The van der Waals surface area contributed by atoms with Gasteiger partial charge >= 0.3 is 0 Å². The second-order valence-electron chi connectivity index (χ2n) is 6.10. The number of amides is 2. The number of nitrogens with one attached hydrogen (secondary N) is 2. The Labute approximate surface area is 171 Å². The summed E-state index contributed by atoms with van der Waals surface area (Å²) < 4.78 is 11.7. The molecule has 2 rings (SSSR count). The Bertz CT molecular complexity index is 814.